The van der Waals surface area contributed by atoms with E-state index < -0.39 is 0 Å². The van der Waals surface area contributed by atoms with Gasteiger partial charge in [0, 0.05) is 17.5 Å². The van der Waals surface area contributed by atoms with E-state index in [2.05, 4.69) is 26.1 Å². The molecule has 0 fully saturated rings. The van der Waals surface area contributed by atoms with E-state index in [0.717, 1.165) is 34.5 Å². The van der Waals surface area contributed by atoms with Gasteiger partial charge in [0.25, 0.3) is 0 Å². The van der Waals surface area contributed by atoms with Crippen LogP contribution >= 0.6 is 11.8 Å². The zero-order valence-electron chi connectivity index (χ0n) is 22.5. The van der Waals surface area contributed by atoms with Crippen molar-refractivity contribution in [2.45, 2.75) is 51.7 Å². The number of carbonyl (C=O) groups is 2. The van der Waals surface area contributed by atoms with Crippen molar-refractivity contribution >= 4 is 29.4 Å². The standard InChI is InChI=1S/C29H34N4O4S/c1-6-12-30-23(34)15-32-24(35)16-38-26(19-10-11-21-22(14-19)37-17-36-21)25-27(29(3,4)5)31-33(28(25)32)20-9-7-8-18(2)13-20/h7-11,13-14,26H,6,12,15-17H2,1-5H3,(H,30,34)/t26-/m0/s1. The fourth-order valence-corrected chi connectivity index (χ4v) is 6.00. The van der Waals surface area contributed by atoms with Crippen LogP contribution < -0.4 is 19.7 Å². The molecule has 9 heteroatoms. The van der Waals surface area contributed by atoms with Gasteiger partial charge in [-0.2, -0.15) is 5.10 Å². The highest BCUT2D eigenvalue weighted by atomic mass is 32.2. The molecule has 2 amide bonds. The number of anilines is 1. The van der Waals surface area contributed by atoms with E-state index in [1.165, 1.54) is 0 Å². The number of aromatic nitrogens is 2. The van der Waals surface area contributed by atoms with Crippen LogP contribution in [0.4, 0.5) is 5.82 Å². The van der Waals surface area contributed by atoms with Crippen LogP contribution in [0.3, 0.4) is 0 Å². The van der Waals surface area contributed by atoms with Crippen molar-refractivity contribution in [1.82, 2.24) is 15.1 Å². The van der Waals surface area contributed by atoms with Crippen LogP contribution in [-0.4, -0.2) is 47.2 Å². The average molecular weight is 535 g/mol. The number of ether oxygens (including phenoxy) is 2. The summed E-state index contributed by atoms with van der Waals surface area (Å²) in [4.78, 5) is 28.3. The Morgan fingerprint density at radius 1 is 1.16 bits per heavy atom. The van der Waals surface area contributed by atoms with Gasteiger partial charge < -0.3 is 14.8 Å². The van der Waals surface area contributed by atoms with Gasteiger partial charge >= 0.3 is 0 Å². The Balaban J connectivity index is 1.75. The first-order chi connectivity index (χ1) is 18.2. The van der Waals surface area contributed by atoms with Crippen LogP contribution in [0, 0.1) is 6.92 Å². The van der Waals surface area contributed by atoms with Crippen molar-refractivity contribution < 1.29 is 19.1 Å². The summed E-state index contributed by atoms with van der Waals surface area (Å²) >= 11 is 1.55. The quantitative estimate of drug-likeness (QED) is 0.484. The first kappa shape index (κ1) is 26.2. The molecule has 1 atom stereocenters. The minimum Gasteiger partial charge on any atom is -0.454 e. The Morgan fingerprint density at radius 2 is 1.95 bits per heavy atom. The number of fused-ring (bicyclic) bond motifs is 2. The Labute approximate surface area is 227 Å². The third-order valence-electron chi connectivity index (χ3n) is 6.62. The molecule has 5 rings (SSSR count). The third-order valence-corrected chi connectivity index (χ3v) is 7.87. The molecule has 2 aromatic carbocycles. The van der Waals surface area contributed by atoms with Gasteiger partial charge in [-0.25, -0.2) is 4.68 Å². The molecule has 0 spiro atoms. The van der Waals surface area contributed by atoms with Gasteiger partial charge in [0.15, 0.2) is 11.5 Å². The van der Waals surface area contributed by atoms with Crippen LogP contribution in [0.2, 0.25) is 0 Å². The number of aryl methyl sites for hydroxylation is 1. The Bertz CT molecular complexity index is 1380. The van der Waals surface area contributed by atoms with Gasteiger partial charge in [0.05, 0.1) is 22.4 Å². The summed E-state index contributed by atoms with van der Waals surface area (Å²) in [5.41, 5.74) is 4.44. The van der Waals surface area contributed by atoms with E-state index in [-0.39, 0.29) is 41.6 Å². The predicted octanol–water partition coefficient (Wildman–Crippen LogP) is 4.90. The Kier molecular flexibility index (Phi) is 7.13. The highest BCUT2D eigenvalue weighted by molar-refractivity contribution is 8.00. The van der Waals surface area contributed by atoms with Crippen molar-refractivity contribution in [3.8, 4) is 17.2 Å². The number of nitrogens with zero attached hydrogens (tertiary/aromatic N) is 3. The highest BCUT2D eigenvalue weighted by Crippen LogP contribution is 2.49. The van der Waals surface area contributed by atoms with E-state index >= 15 is 0 Å². The Hall–Kier alpha value is -3.46. The molecule has 0 radical (unpaired) electrons. The number of carbonyl (C=O) groups excluding carboxylic acids is 2. The lowest BCUT2D eigenvalue weighted by atomic mass is 9.87. The van der Waals surface area contributed by atoms with Crippen molar-refractivity contribution in [3.05, 3.63) is 64.8 Å². The Morgan fingerprint density at radius 3 is 2.68 bits per heavy atom. The molecule has 0 aliphatic carbocycles. The normalized spacial score (nSPS) is 16.8. The molecule has 3 heterocycles. The second-order valence-electron chi connectivity index (χ2n) is 10.7. The molecule has 1 N–H and O–H groups in total. The van der Waals surface area contributed by atoms with Gasteiger partial charge in [-0.3, -0.25) is 14.5 Å². The monoisotopic (exact) mass is 534 g/mol. The first-order valence-electron chi connectivity index (χ1n) is 13.0. The van der Waals surface area contributed by atoms with Gasteiger partial charge in [0.1, 0.15) is 12.4 Å². The average Bonchev–Trinajstić information content (AvgIpc) is 3.48. The molecule has 38 heavy (non-hydrogen) atoms. The number of hydrogen-bond donors (Lipinski definition) is 1. The van der Waals surface area contributed by atoms with Crippen molar-refractivity contribution in [2.75, 3.05) is 30.5 Å². The molecular formula is C29H34N4O4S. The van der Waals surface area contributed by atoms with Gasteiger partial charge in [0.2, 0.25) is 18.6 Å². The number of rotatable bonds is 6. The van der Waals surface area contributed by atoms with Crippen LogP contribution in [0.25, 0.3) is 5.69 Å². The second kappa shape index (κ2) is 10.4. The zero-order chi connectivity index (χ0) is 27.0. The molecule has 0 saturated carbocycles. The zero-order valence-corrected chi connectivity index (χ0v) is 23.4. The SMILES string of the molecule is CCCNC(=O)CN1C(=O)CS[C@@H](c2ccc3c(c2)OCO3)c2c(C(C)(C)C)nn(-c3cccc(C)c3)c21. The predicted molar refractivity (Wildman–Crippen MR) is 150 cm³/mol. The summed E-state index contributed by atoms with van der Waals surface area (Å²) in [6.45, 7) is 11.1. The van der Waals surface area contributed by atoms with Crippen LogP contribution in [0.1, 0.15) is 61.7 Å². The summed E-state index contributed by atoms with van der Waals surface area (Å²) in [5, 5.41) is 7.87. The maximum atomic E-state index is 13.7. The summed E-state index contributed by atoms with van der Waals surface area (Å²) in [5.74, 6) is 1.97. The molecule has 0 bridgehead atoms. The molecule has 2 aliphatic rings. The maximum Gasteiger partial charge on any atom is 0.240 e. The molecular weight excluding hydrogens is 500 g/mol. The molecule has 8 nitrogen and oxygen atoms in total. The molecule has 3 aromatic rings. The lowest BCUT2D eigenvalue weighted by molar-refractivity contribution is -0.122. The summed E-state index contributed by atoms with van der Waals surface area (Å²) < 4.78 is 13.1. The minimum absolute atomic E-state index is 0.0681. The first-order valence-corrected chi connectivity index (χ1v) is 14.0. The molecule has 2 aliphatic heterocycles. The third kappa shape index (κ3) is 4.99. The number of nitrogens with one attached hydrogen (secondary N) is 1. The summed E-state index contributed by atoms with van der Waals surface area (Å²) in [6, 6.07) is 14.0. The van der Waals surface area contributed by atoms with Crippen molar-refractivity contribution in [1.29, 1.82) is 0 Å². The number of amides is 2. The summed E-state index contributed by atoms with van der Waals surface area (Å²) in [7, 11) is 0. The lowest BCUT2D eigenvalue weighted by Crippen LogP contribution is -2.42. The van der Waals surface area contributed by atoms with Crippen LogP contribution in [0.5, 0.6) is 11.5 Å². The van der Waals surface area contributed by atoms with E-state index in [4.69, 9.17) is 14.6 Å². The van der Waals surface area contributed by atoms with Crippen molar-refractivity contribution in [2.24, 2.45) is 0 Å². The number of hydrogen-bond acceptors (Lipinski definition) is 6. The largest absolute Gasteiger partial charge is 0.454 e. The number of thioether (sulfide) groups is 1. The van der Waals surface area contributed by atoms with E-state index in [1.807, 2.05) is 61.0 Å². The molecule has 1 aromatic heterocycles. The fourth-order valence-electron chi connectivity index (χ4n) is 4.82. The van der Waals surface area contributed by atoms with Gasteiger partial charge in [-0.05, 0) is 48.7 Å². The smallest absolute Gasteiger partial charge is 0.240 e. The van der Waals surface area contributed by atoms with Gasteiger partial charge in [-0.15, -0.1) is 11.8 Å². The fraction of sp³-hybridized carbons (Fsp3) is 0.414. The molecule has 0 unspecified atom stereocenters. The number of benzene rings is 2. The molecule has 200 valence electrons. The molecule has 0 saturated heterocycles. The minimum atomic E-state index is -0.322. The second-order valence-corrected chi connectivity index (χ2v) is 11.8. The van der Waals surface area contributed by atoms with E-state index in [9.17, 15) is 9.59 Å². The summed E-state index contributed by atoms with van der Waals surface area (Å²) in [6.07, 6.45) is 0.822. The van der Waals surface area contributed by atoms with Crippen LogP contribution in [-0.2, 0) is 15.0 Å². The lowest BCUT2D eigenvalue weighted by Gasteiger charge is -2.24. The van der Waals surface area contributed by atoms with Gasteiger partial charge in [-0.1, -0.05) is 45.9 Å². The van der Waals surface area contributed by atoms with Crippen LogP contribution in [0.15, 0.2) is 42.5 Å². The topological polar surface area (TPSA) is 85.7 Å². The van der Waals surface area contributed by atoms with E-state index in [1.54, 1.807) is 16.7 Å². The van der Waals surface area contributed by atoms with Crippen molar-refractivity contribution in [3.63, 3.8) is 0 Å². The maximum absolute atomic E-state index is 13.7. The highest BCUT2D eigenvalue weighted by Gasteiger charge is 2.40. The van der Waals surface area contributed by atoms with E-state index in [0.29, 0.717) is 23.9 Å².